The molecule has 0 saturated carbocycles. The van der Waals surface area contributed by atoms with Gasteiger partial charge in [0, 0.05) is 11.3 Å². The summed E-state index contributed by atoms with van der Waals surface area (Å²) in [5.41, 5.74) is 1.90. The maximum atomic E-state index is 13.4. The van der Waals surface area contributed by atoms with Gasteiger partial charge >= 0.3 is 0 Å². The molecule has 5 heteroatoms. The van der Waals surface area contributed by atoms with Crippen molar-refractivity contribution in [2.75, 3.05) is 5.32 Å². The van der Waals surface area contributed by atoms with Crippen molar-refractivity contribution in [1.82, 2.24) is 0 Å². The first-order chi connectivity index (χ1) is 9.38. The molecule has 0 heterocycles. The minimum Gasteiger partial charge on any atom is -0.508 e. The summed E-state index contributed by atoms with van der Waals surface area (Å²) in [4.78, 5) is 0. The lowest BCUT2D eigenvalue weighted by atomic mass is 10.1. The van der Waals surface area contributed by atoms with Gasteiger partial charge in [-0.05, 0) is 65.7 Å². The summed E-state index contributed by atoms with van der Waals surface area (Å²) in [6.45, 7) is 3.57. The number of phenols is 1. The fraction of sp³-hybridized carbons (Fsp3) is 0.200. The Hall–Kier alpha value is -1.62. The zero-order chi connectivity index (χ0) is 14.9. The van der Waals surface area contributed by atoms with Gasteiger partial charge in [-0.15, -0.1) is 0 Å². The summed E-state index contributed by atoms with van der Waals surface area (Å²) in [5, 5.41) is 12.9. The number of rotatable bonds is 3. The molecule has 0 aromatic heterocycles. The molecule has 106 valence electrons. The summed E-state index contributed by atoms with van der Waals surface area (Å²) in [6, 6.07) is 6.51. The molecule has 0 saturated heterocycles. The highest BCUT2D eigenvalue weighted by molar-refractivity contribution is 9.10. The topological polar surface area (TPSA) is 32.3 Å². The largest absolute Gasteiger partial charge is 0.508 e. The smallest absolute Gasteiger partial charge is 0.137 e. The lowest BCUT2D eigenvalue weighted by Gasteiger charge is -2.19. The minimum absolute atomic E-state index is 0.0187. The Morgan fingerprint density at radius 3 is 2.60 bits per heavy atom. The van der Waals surface area contributed by atoms with E-state index in [-0.39, 0.29) is 17.6 Å². The number of aromatic hydroxyl groups is 1. The van der Waals surface area contributed by atoms with Crippen LogP contribution in [0.15, 0.2) is 34.8 Å². The Balaban J connectivity index is 2.30. The maximum absolute atomic E-state index is 13.4. The van der Waals surface area contributed by atoms with Crippen LogP contribution in [-0.2, 0) is 0 Å². The van der Waals surface area contributed by atoms with Crippen LogP contribution in [-0.4, -0.2) is 5.11 Å². The highest BCUT2D eigenvalue weighted by Crippen LogP contribution is 2.31. The molecule has 2 aromatic rings. The molecule has 0 spiro atoms. The summed E-state index contributed by atoms with van der Waals surface area (Å²) >= 11 is 3.13. The van der Waals surface area contributed by atoms with Crippen LogP contribution < -0.4 is 5.32 Å². The molecule has 0 aliphatic rings. The van der Waals surface area contributed by atoms with Gasteiger partial charge in [-0.1, -0.05) is 0 Å². The fourth-order valence-corrected chi connectivity index (χ4v) is 2.33. The number of aryl methyl sites for hydroxylation is 1. The van der Waals surface area contributed by atoms with Crippen molar-refractivity contribution in [3.8, 4) is 5.75 Å². The number of phenolic OH excluding ortho intramolecular Hbond substituents is 1. The molecule has 0 bridgehead atoms. The average molecular weight is 342 g/mol. The van der Waals surface area contributed by atoms with Gasteiger partial charge in [0.25, 0.3) is 0 Å². The molecule has 2 aromatic carbocycles. The first-order valence-corrected chi connectivity index (χ1v) is 6.88. The zero-order valence-corrected chi connectivity index (χ0v) is 12.6. The second-order valence-electron chi connectivity index (χ2n) is 4.65. The van der Waals surface area contributed by atoms with Crippen LogP contribution in [0.2, 0.25) is 0 Å². The van der Waals surface area contributed by atoms with Crippen molar-refractivity contribution in [2.45, 2.75) is 19.9 Å². The SMILES string of the molecule is Cc1cc(F)c(Br)cc1NC(C)c1cc(F)ccc1O. The number of hydrogen-bond acceptors (Lipinski definition) is 2. The first kappa shape index (κ1) is 14.8. The van der Waals surface area contributed by atoms with Crippen LogP contribution >= 0.6 is 15.9 Å². The van der Waals surface area contributed by atoms with Crippen molar-refractivity contribution in [2.24, 2.45) is 0 Å². The maximum Gasteiger partial charge on any atom is 0.137 e. The van der Waals surface area contributed by atoms with Gasteiger partial charge in [0.1, 0.15) is 17.4 Å². The average Bonchev–Trinajstić information content (AvgIpc) is 2.38. The van der Waals surface area contributed by atoms with E-state index in [2.05, 4.69) is 21.2 Å². The van der Waals surface area contributed by atoms with E-state index < -0.39 is 5.82 Å². The Morgan fingerprint density at radius 1 is 1.20 bits per heavy atom. The van der Waals surface area contributed by atoms with Gasteiger partial charge in [0.05, 0.1) is 10.5 Å². The second-order valence-corrected chi connectivity index (χ2v) is 5.50. The van der Waals surface area contributed by atoms with Gasteiger partial charge < -0.3 is 10.4 Å². The fourth-order valence-electron chi connectivity index (χ4n) is 1.98. The van der Waals surface area contributed by atoms with E-state index in [0.29, 0.717) is 10.0 Å². The summed E-state index contributed by atoms with van der Waals surface area (Å²) in [5.74, 6) is -0.733. The van der Waals surface area contributed by atoms with Crippen LogP contribution in [0.1, 0.15) is 24.1 Å². The molecule has 0 aliphatic carbocycles. The summed E-state index contributed by atoms with van der Waals surface area (Å²) < 4.78 is 27.0. The lowest BCUT2D eigenvalue weighted by Crippen LogP contribution is -2.08. The van der Waals surface area contributed by atoms with Gasteiger partial charge in [0.2, 0.25) is 0 Å². The molecule has 0 aliphatic heterocycles. The second kappa shape index (κ2) is 5.79. The van der Waals surface area contributed by atoms with Gasteiger partial charge in [-0.3, -0.25) is 0 Å². The molecular weight excluding hydrogens is 328 g/mol. The standard InChI is InChI=1S/C15H14BrF2NO/c1-8-5-13(18)12(16)7-14(8)19-9(2)11-6-10(17)3-4-15(11)20/h3-7,9,19-20H,1-2H3. The molecule has 20 heavy (non-hydrogen) atoms. The van der Waals surface area contributed by atoms with Crippen molar-refractivity contribution in [3.05, 3.63) is 57.6 Å². The Labute approximate surface area is 124 Å². The lowest BCUT2D eigenvalue weighted by molar-refractivity contribution is 0.462. The first-order valence-electron chi connectivity index (χ1n) is 6.09. The van der Waals surface area contributed by atoms with E-state index in [1.54, 1.807) is 19.9 Å². The predicted molar refractivity (Wildman–Crippen MR) is 78.9 cm³/mol. The third kappa shape index (κ3) is 3.10. The number of nitrogens with one attached hydrogen (secondary N) is 1. The number of halogens is 3. The van der Waals surface area contributed by atoms with E-state index in [1.807, 2.05) is 0 Å². The van der Waals surface area contributed by atoms with E-state index in [4.69, 9.17) is 0 Å². The number of hydrogen-bond donors (Lipinski definition) is 2. The van der Waals surface area contributed by atoms with E-state index in [1.165, 1.54) is 24.3 Å². The van der Waals surface area contributed by atoms with Gasteiger partial charge in [-0.25, -0.2) is 8.78 Å². The molecule has 2 nitrogen and oxygen atoms in total. The van der Waals surface area contributed by atoms with Crippen molar-refractivity contribution < 1.29 is 13.9 Å². The molecule has 1 unspecified atom stereocenters. The van der Waals surface area contributed by atoms with Crippen LogP contribution in [0.5, 0.6) is 5.75 Å². The molecular formula is C15H14BrF2NO. The molecule has 0 fully saturated rings. The molecule has 0 radical (unpaired) electrons. The molecule has 2 N–H and O–H groups in total. The van der Waals surface area contributed by atoms with Crippen LogP contribution in [0.25, 0.3) is 0 Å². The minimum atomic E-state index is -0.413. The Bertz CT molecular complexity index is 646. The van der Waals surface area contributed by atoms with Gasteiger partial charge in [0.15, 0.2) is 0 Å². The van der Waals surface area contributed by atoms with E-state index in [9.17, 15) is 13.9 Å². The Morgan fingerprint density at radius 2 is 1.90 bits per heavy atom. The molecule has 0 amide bonds. The normalized spacial score (nSPS) is 12.2. The van der Waals surface area contributed by atoms with Crippen molar-refractivity contribution in [3.63, 3.8) is 0 Å². The zero-order valence-electron chi connectivity index (χ0n) is 11.0. The molecule has 1 atom stereocenters. The van der Waals surface area contributed by atoms with Crippen LogP contribution in [0, 0.1) is 18.6 Å². The summed E-state index contributed by atoms with van der Waals surface area (Å²) in [7, 11) is 0. The van der Waals surface area contributed by atoms with Crippen molar-refractivity contribution >= 4 is 21.6 Å². The van der Waals surface area contributed by atoms with Crippen LogP contribution in [0.4, 0.5) is 14.5 Å². The highest BCUT2D eigenvalue weighted by Gasteiger charge is 2.13. The summed E-state index contributed by atoms with van der Waals surface area (Å²) in [6.07, 6.45) is 0. The molecule has 2 rings (SSSR count). The monoisotopic (exact) mass is 341 g/mol. The van der Waals surface area contributed by atoms with Gasteiger partial charge in [-0.2, -0.15) is 0 Å². The third-order valence-electron chi connectivity index (χ3n) is 3.10. The highest BCUT2D eigenvalue weighted by atomic mass is 79.9. The predicted octanol–water partition coefficient (Wildman–Crippen LogP) is 4.91. The number of anilines is 1. The van der Waals surface area contributed by atoms with Crippen LogP contribution in [0.3, 0.4) is 0 Å². The Kier molecular flexibility index (Phi) is 4.28. The third-order valence-corrected chi connectivity index (χ3v) is 3.70. The van der Waals surface area contributed by atoms with E-state index >= 15 is 0 Å². The number of benzene rings is 2. The van der Waals surface area contributed by atoms with E-state index in [0.717, 1.165) is 11.3 Å². The van der Waals surface area contributed by atoms with Crippen molar-refractivity contribution in [1.29, 1.82) is 0 Å². The quantitative estimate of drug-likeness (QED) is 0.830.